The summed E-state index contributed by atoms with van der Waals surface area (Å²) in [6.07, 6.45) is 5.54. The molecular formula is C12H16N4O. The zero-order chi connectivity index (χ0) is 11.9. The van der Waals surface area contributed by atoms with Crippen LogP contribution in [0, 0.1) is 0 Å². The molecule has 1 N–H and O–H groups in total. The van der Waals surface area contributed by atoms with E-state index in [1.807, 2.05) is 35.3 Å². The van der Waals surface area contributed by atoms with Crippen LogP contribution in [-0.2, 0) is 13.1 Å². The van der Waals surface area contributed by atoms with Crippen molar-refractivity contribution in [3.05, 3.63) is 42.6 Å². The average Bonchev–Trinajstić information content (AvgIpc) is 2.88. The fraction of sp³-hybridized carbons (Fsp3) is 0.333. The van der Waals surface area contributed by atoms with Crippen LogP contribution in [0.5, 0.6) is 5.88 Å². The lowest BCUT2D eigenvalue weighted by Crippen LogP contribution is -2.19. The number of ether oxygens (including phenoxy) is 1. The largest absolute Gasteiger partial charge is 0.481 e. The van der Waals surface area contributed by atoms with E-state index in [-0.39, 0.29) is 0 Å². The number of hydrogen-bond donors (Lipinski definition) is 1. The minimum atomic E-state index is 0.652. The van der Waals surface area contributed by atoms with Crippen LogP contribution in [-0.4, -0.2) is 28.2 Å². The molecule has 17 heavy (non-hydrogen) atoms. The van der Waals surface area contributed by atoms with Gasteiger partial charge in [0.05, 0.1) is 19.1 Å². The van der Waals surface area contributed by atoms with Gasteiger partial charge in [-0.05, 0) is 6.07 Å². The van der Waals surface area contributed by atoms with Gasteiger partial charge in [0.15, 0.2) is 0 Å². The Morgan fingerprint density at radius 3 is 3.12 bits per heavy atom. The molecule has 0 saturated carbocycles. The smallest absolute Gasteiger partial charge is 0.213 e. The molecule has 0 fully saturated rings. The Hall–Kier alpha value is -1.88. The van der Waals surface area contributed by atoms with Gasteiger partial charge in [-0.25, -0.2) is 9.97 Å². The minimum Gasteiger partial charge on any atom is -0.481 e. The number of imidazole rings is 1. The zero-order valence-corrected chi connectivity index (χ0v) is 9.84. The summed E-state index contributed by atoms with van der Waals surface area (Å²) in [7, 11) is 1.62. The Morgan fingerprint density at radius 2 is 2.35 bits per heavy atom. The Bertz CT molecular complexity index is 442. The highest BCUT2D eigenvalue weighted by Crippen LogP contribution is 2.05. The molecule has 0 amide bonds. The number of nitrogens with zero attached hydrogens (tertiary/aromatic N) is 3. The molecule has 0 aliphatic carbocycles. The number of pyridine rings is 1. The summed E-state index contributed by atoms with van der Waals surface area (Å²) in [5, 5.41) is 3.32. The molecular weight excluding hydrogens is 216 g/mol. The molecule has 2 heterocycles. The molecule has 0 aliphatic heterocycles. The van der Waals surface area contributed by atoms with Gasteiger partial charge in [0, 0.05) is 38.1 Å². The van der Waals surface area contributed by atoms with Crippen LogP contribution in [0.25, 0.3) is 0 Å². The average molecular weight is 232 g/mol. The summed E-state index contributed by atoms with van der Waals surface area (Å²) in [4.78, 5) is 8.31. The van der Waals surface area contributed by atoms with Gasteiger partial charge in [0.25, 0.3) is 0 Å². The number of aromatic nitrogens is 3. The van der Waals surface area contributed by atoms with Gasteiger partial charge in [-0.3, -0.25) is 0 Å². The van der Waals surface area contributed by atoms with Gasteiger partial charge in [0.1, 0.15) is 0 Å². The van der Waals surface area contributed by atoms with Crippen molar-refractivity contribution in [1.29, 1.82) is 0 Å². The second kappa shape index (κ2) is 6.00. The monoisotopic (exact) mass is 232 g/mol. The molecule has 2 aromatic heterocycles. The highest BCUT2D eigenvalue weighted by atomic mass is 16.5. The first-order chi connectivity index (χ1) is 8.38. The van der Waals surface area contributed by atoms with Crippen LogP contribution in [0.4, 0.5) is 0 Å². The number of nitrogens with one attached hydrogen (secondary N) is 1. The molecule has 0 atom stereocenters. The number of hydrogen-bond acceptors (Lipinski definition) is 4. The normalized spacial score (nSPS) is 10.4. The van der Waals surface area contributed by atoms with E-state index in [0.717, 1.165) is 25.3 Å². The molecule has 0 aliphatic rings. The maximum Gasteiger partial charge on any atom is 0.213 e. The first kappa shape index (κ1) is 11.6. The van der Waals surface area contributed by atoms with Crippen molar-refractivity contribution in [1.82, 2.24) is 19.9 Å². The summed E-state index contributed by atoms with van der Waals surface area (Å²) < 4.78 is 7.10. The highest BCUT2D eigenvalue weighted by molar-refractivity contribution is 5.15. The van der Waals surface area contributed by atoms with Gasteiger partial charge < -0.3 is 14.6 Å². The van der Waals surface area contributed by atoms with Gasteiger partial charge in [-0.15, -0.1) is 0 Å². The fourth-order valence-electron chi connectivity index (χ4n) is 1.51. The molecule has 0 unspecified atom stereocenters. The maximum absolute atomic E-state index is 5.07. The van der Waals surface area contributed by atoms with E-state index in [2.05, 4.69) is 15.3 Å². The van der Waals surface area contributed by atoms with E-state index in [0.29, 0.717) is 5.88 Å². The molecule has 0 aromatic carbocycles. The van der Waals surface area contributed by atoms with Gasteiger partial charge in [-0.1, -0.05) is 6.07 Å². The lowest BCUT2D eigenvalue weighted by molar-refractivity contribution is 0.395. The first-order valence-electron chi connectivity index (χ1n) is 5.55. The zero-order valence-electron chi connectivity index (χ0n) is 9.84. The van der Waals surface area contributed by atoms with E-state index in [9.17, 15) is 0 Å². The van der Waals surface area contributed by atoms with Crippen LogP contribution < -0.4 is 10.1 Å². The molecule has 0 bridgehead atoms. The summed E-state index contributed by atoms with van der Waals surface area (Å²) in [6, 6.07) is 5.76. The lowest BCUT2D eigenvalue weighted by atomic mass is 10.3. The van der Waals surface area contributed by atoms with Crippen LogP contribution in [0.3, 0.4) is 0 Å². The van der Waals surface area contributed by atoms with Crippen LogP contribution in [0.1, 0.15) is 5.69 Å². The van der Waals surface area contributed by atoms with E-state index in [4.69, 9.17) is 4.74 Å². The van der Waals surface area contributed by atoms with E-state index in [1.54, 1.807) is 13.3 Å². The highest BCUT2D eigenvalue weighted by Gasteiger charge is 1.97. The Labute approximate surface area is 100 Å². The van der Waals surface area contributed by atoms with Crippen molar-refractivity contribution in [2.24, 2.45) is 0 Å². The first-order valence-corrected chi connectivity index (χ1v) is 5.55. The molecule has 0 spiro atoms. The van der Waals surface area contributed by atoms with Crippen molar-refractivity contribution < 1.29 is 4.74 Å². The van der Waals surface area contributed by atoms with Gasteiger partial charge in [-0.2, -0.15) is 0 Å². The molecule has 5 heteroatoms. The Balaban J connectivity index is 1.74. The Morgan fingerprint density at radius 1 is 1.41 bits per heavy atom. The summed E-state index contributed by atoms with van der Waals surface area (Å²) in [5.41, 5.74) is 0.981. The molecule has 90 valence electrons. The van der Waals surface area contributed by atoms with E-state index >= 15 is 0 Å². The third-order valence-electron chi connectivity index (χ3n) is 2.40. The van der Waals surface area contributed by atoms with Crippen molar-refractivity contribution in [2.75, 3.05) is 13.7 Å². The van der Waals surface area contributed by atoms with Crippen molar-refractivity contribution in [3.8, 4) is 5.88 Å². The summed E-state index contributed by atoms with van der Waals surface area (Å²) in [6.45, 7) is 2.53. The maximum atomic E-state index is 5.07. The van der Waals surface area contributed by atoms with Crippen molar-refractivity contribution >= 4 is 0 Å². The second-order valence-electron chi connectivity index (χ2n) is 3.65. The second-order valence-corrected chi connectivity index (χ2v) is 3.65. The SMILES string of the molecule is COc1cccc(CNCCn2ccnc2)n1. The third kappa shape index (κ3) is 3.57. The Kier molecular flexibility index (Phi) is 4.10. The van der Waals surface area contributed by atoms with Crippen molar-refractivity contribution in [2.45, 2.75) is 13.1 Å². The number of rotatable bonds is 6. The quantitative estimate of drug-likeness (QED) is 0.757. The molecule has 2 aromatic rings. The molecule has 2 rings (SSSR count). The topological polar surface area (TPSA) is 52.0 Å². The van der Waals surface area contributed by atoms with Crippen molar-refractivity contribution in [3.63, 3.8) is 0 Å². The predicted octanol–water partition coefficient (Wildman–Crippen LogP) is 1.08. The minimum absolute atomic E-state index is 0.652. The molecule has 5 nitrogen and oxygen atoms in total. The summed E-state index contributed by atoms with van der Waals surface area (Å²) >= 11 is 0. The van der Waals surface area contributed by atoms with Gasteiger partial charge in [0.2, 0.25) is 5.88 Å². The van der Waals surface area contributed by atoms with E-state index in [1.165, 1.54) is 0 Å². The van der Waals surface area contributed by atoms with Gasteiger partial charge >= 0.3 is 0 Å². The summed E-state index contributed by atoms with van der Waals surface area (Å²) in [5.74, 6) is 0.652. The van der Waals surface area contributed by atoms with E-state index < -0.39 is 0 Å². The lowest BCUT2D eigenvalue weighted by Gasteiger charge is -2.06. The molecule has 0 radical (unpaired) electrons. The standard InChI is InChI=1S/C12H16N4O/c1-17-12-4-2-3-11(15-12)9-13-5-7-16-8-6-14-10-16/h2-4,6,8,10,13H,5,7,9H2,1H3. The third-order valence-corrected chi connectivity index (χ3v) is 2.40. The van der Waals surface area contributed by atoms with Crippen LogP contribution in [0.15, 0.2) is 36.9 Å². The van der Waals surface area contributed by atoms with Crippen LogP contribution >= 0.6 is 0 Å². The molecule has 0 saturated heterocycles. The number of methoxy groups -OCH3 is 1. The van der Waals surface area contributed by atoms with Crippen LogP contribution in [0.2, 0.25) is 0 Å². The fourth-order valence-corrected chi connectivity index (χ4v) is 1.51. The predicted molar refractivity (Wildman–Crippen MR) is 64.7 cm³/mol.